The van der Waals surface area contributed by atoms with Gasteiger partial charge in [-0.25, -0.2) is 4.79 Å². The first-order valence-electron chi connectivity index (χ1n) is 9.47. The first-order valence-corrected chi connectivity index (χ1v) is 9.47. The van der Waals surface area contributed by atoms with Crippen molar-refractivity contribution in [2.75, 3.05) is 0 Å². The summed E-state index contributed by atoms with van der Waals surface area (Å²) in [5.41, 5.74) is 6.61. The number of nitrogens with zero attached hydrogens (tertiary/aromatic N) is 2. The summed E-state index contributed by atoms with van der Waals surface area (Å²) >= 11 is 0. The van der Waals surface area contributed by atoms with Crippen LogP contribution >= 0.6 is 0 Å². The van der Waals surface area contributed by atoms with E-state index < -0.39 is 23.8 Å². The third-order valence-electron chi connectivity index (χ3n) is 5.70. The van der Waals surface area contributed by atoms with Gasteiger partial charge in [-0.3, -0.25) is 24.8 Å². The van der Waals surface area contributed by atoms with Gasteiger partial charge in [0.2, 0.25) is 11.8 Å². The van der Waals surface area contributed by atoms with Crippen molar-refractivity contribution in [1.82, 2.24) is 10.2 Å². The zero-order valence-corrected chi connectivity index (χ0v) is 14.9. The molecule has 3 fully saturated rings. The van der Waals surface area contributed by atoms with Gasteiger partial charge in [0, 0.05) is 17.8 Å². The molecule has 7 nitrogen and oxygen atoms in total. The molecule has 0 radical (unpaired) electrons. The van der Waals surface area contributed by atoms with Gasteiger partial charge in [0.25, 0.3) is 0 Å². The predicted molar refractivity (Wildman–Crippen MR) is 94.1 cm³/mol. The van der Waals surface area contributed by atoms with Crippen molar-refractivity contribution in [1.29, 1.82) is 0 Å². The van der Waals surface area contributed by atoms with Gasteiger partial charge in [-0.05, 0) is 32.6 Å². The van der Waals surface area contributed by atoms with Gasteiger partial charge >= 0.3 is 6.03 Å². The van der Waals surface area contributed by atoms with Gasteiger partial charge in [0.1, 0.15) is 0 Å². The largest absolute Gasteiger partial charge is 0.331 e. The maximum Gasteiger partial charge on any atom is 0.331 e. The van der Waals surface area contributed by atoms with E-state index in [1.54, 1.807) is 6.92 Å². The molecule has 25 heavy (non-hydrogen) atoms. The summed E-state index contributed by atoms with van der Waals surface area (Å²) in [4.78, 5) is 43.4. The quantitative estimate of drug-likeness (QED) is 0.598. The molecule has 4 amide bonds. The van der Waals surface area contributed by atoms with E-state index in [0.717, 1.165) is 57.8 Å². The highest BCUT2D eigenvalue weighted by Crippen LogP contribution is 2.27. The molecule has 1 unspecified atom stereocenters. The molecule has 3 N–H and O–H groups in total. The van der Waals surface area contributed by atoms with Gasteiger partial charge in [-0.1, -0.05) is 32.1 Å². The summed E-state index contributed by atoms with van der Waals surface area (Å²) in [6.07, 6.45) is 8.71. The van der Waals surface area contributed by atoms with E-state index in [4.69, 9.17) is 5.73 Å². The van der Waals surface area contributed by atoms with Crippen LogP contribution in [0.1, 0.15) is 64.7 Å². The molecular formula is C18H28N4O3. The van der Waals surface area contributed by atoms with E-state index in [1.165, 1.54) is 4.90 Å². The van der Waals surface area contributed by atoms with Crippen LogP contribution in [0.25, 0.3) is 0 Å². The normalized spacial score (nSPS) is 32.7. The Morgan fingerprint density at radius 1 is 1.04 bits per heavy atom. The number of imide groups is 2. The van der Waals surface area contributed by atoms with Crippen LogP contribution in [0.4, 0.5) is 4.79 Å². The van der Waals surface area contributed by atoms with E-state index in [1.807, 2.05) is 0 Å². The van der Waals surface area contributed by atoms with Gasteiger partial charge in [0.15, 0.2) is 5.92 Å². The first-order chi connectivity index (χ1) is 12.0. The molecular weight excluding hydrogens is 320 g/mol. The van der Waals surface area contributed by atoms with E-state index in [-0.39, 0.29) is 18.1 Å². The Hall–Kier alpha value is -1.76. The average Bonchev–Trinajstić information content (AvgIpc) is 2.57. The number of aliphatic imine (C=N–C) groups is 1. The second-order valence-electron chi connectivity index (χ2n) is 7.51. The number of hydrogen-bond donors (Lipinski definition) is 2. The first kappa shape index (κ1) is 18.0. The summed E-state index contributed by atoms with van der Waals surface area (Å²) in [6.45, 7) is 1.71. The Bertz CT molecular complexity index is 583. The molecule has 3 rings (SSSR count). The molecule has 2 saturated carbocycles. The third kappa shape index (κ3) is 3.76. The summed E-state index contributed by atoms with van der Waals surface area (Å²) in [5.74, 6) is -1.99. The van der Waals surface area contributed by atoms with Crippen molar-refractivity contribution in [3.63, 3.8) is 0 Å². The van der Waals surface area contributed by atoms with E-state index in [2.05, 4.69) is 10.3 Å². The molecule has 7 heteroatoms. The zero-order chi connectivity index (χ0) is 18.0. The van der Waals surface area contributed by atoms with E-state index in [0.29, 0.717) is 5.71 Å². The van der Waals surface area contributed by atoms with Crippen LogP contribution in [0.2, 0.25) is 0 Å². The molecule has 1 heterocycles. The molecule has 3 aliphatic rings. The van der Waals surface area contributed by atoms with Crippen LogP contribution < -0.4 is 11.1 Å². The SMILES string of the molecule is CC(=N[C@@H]1CCCC[C@H]1N)C1C(=O)NC(=O)N(C2CCCCC2)C1=O. The maximum atomic E-state index is 12.9. The summed E-state index contributed by atoms with van der Waals surface area (Å²) in [5, 5.41) is 2.35. The highest BCUT2D eigenvalue weighted by Gasteiger charge is 2.45. The molecule has 2 aliphatic carbocycles. The minimum Gasteiger partial charge on any atom is -0.326 e. The molecule has 1 aliphatic heterocycles. The number of nitrogens with two attached hydrogens (primary N) is 1. The molecule has 0 aromatic heterocycles. The fourth-order valence-electron chi connectivity index (χ4n) is 4.28. The Morgan fingerprint density at radius 3 is 2.36 bits per heavy atom. The number of amides is 4. The number of urea groups is 1. The number of rotatable bonds is 3. The van der Waals surface area contributed by atoms with Gasteiger partial charge in [0.05, 0.1) is 6.04 Å². The molecule has 3 atom stereocenters. The zero-order valence-electron chi connectivity index (χ0n) is 14.9. The maximum absolute atomic E-state index is 12.9. The second kappa shape index (κ2) is 7.64. The number of barbiturate groups is 1. The molecule has 138 valence electrons. The monoisotopic (exact) mass is 348 g/mol. The minimum absolute atomic E-state index is 0.0264. The molecule has 0 spiro atoms. The lowest BCUT2D eigenvalue weighted by Gasteiger charge is -2.37. The summed E-state index contributed by atoms with van der Waals surface area (Å²) < 4.78 is 0. The number of carbonyl (C=O) groups excluding carboxylic acids is 3. The molecule has 0 aromatic carbocycles. The van der Waals surface area contributed by atoms with Crippen molar-refractivity contribution >= 4 is 23.6 Å². The van der Waals surface area contributed by atoms with Crippen molar-refractivity contribution in [2.45, 2.75) is 82.8 Å². The Morgan fingerprint density at radius 2 is 1.68 bits per heavy atom. The van der Waals surface area contributed by atoms with Gasteiger partial charge < -0.3 is 5.73 Å². The van der Waals surface area contributed by atoms with Crippen molar-refractivity contribution < 1.29 is 14.4 Å². The van der Waals surface area contributed by atoms with Crippen LogP contribution in [-0.2, 0) is 9.59 Å². The smallest absolute Gasteiger partial charge is 0.326 e. The van der Waals surface area contributed by atoms with Gasteiger partial charge in [-0.2, -0.15) is 0 Å². The highest BCUT2D eigenvalue weighted by atomic mass is 16.2. The molecule has 0 aromatic rings. The summed E-state index contributed by atoms with van der Waals surface area (Å²) in [7, 11) is 0. The number of hydrogen-bond acceptors (Lipinski definition) is 5. The summed E-state index contributed by atoms with van der Waals surface area (Å²) in [6, 6.07) is -0.765. The van der Waals surface area contributed by atoms with Crippen molar-refractivity contribution in [2.24, 2.45) is 16.6 Å². The number of carbonyl (C=O) groups is 3. The average molecular weight is 348 g/mol. The minimum atomic E-state index is -1.01. The molecule has 0 bridgehead atoms. The lowest BCUT2D eigenvalue weighted by molar-refractivity contribution is -0.141. The fraction of sp³-hybridized carbons (Fsp3) is 0.778. The van der Waals surface area contributed by atoms with Crippen LogP contribution in [0.5, 0.6) is 0 Å². The Balaban J connectivity index is 1.80. The van der Waals surface area contributed by atoms with Crippen LogP contribution in [0.15, 0.2) is 4.99 Å². The predicted octanol–water partition coefficient (Wildman–Crippen LogP) is 1.74. The molecule has 1 saturated heterocycles. The third-order valence-corrected chi connectivity index (χ3v) is 5.70. The van der Waals surface area contributed by atoms with Gasteiger partial charge in [-0.15, -0.1) is 0 Å². The van der Waals surface area contributed by atoms with Crippen LogP contribution in [0.3, 0.4) is 0 Å². The lowest BCUT2D eigenvalue weighted by atomic mass is 9.89. The van der Waals surface area contributed by atoms with E-state index >= 15 is 0 Å². The Labute approximate surface area is 148 Å². The standard InChI is InChI=1S/C18H28N4O3/c1-11(20-14-10-6-5-9-13(14)19)15-16(23)21-18(25)22(17(15)24)12-7-3-2-4-8-12/h12-15H,2-10,19H2,1H3,(H,21,23,25)/t13-,14-,15?/m1/s1. The topological polar surface area (TPSA) is 105 Å². The van der Waals surface area contributed by atoms with Crippen molar-refractivity contribution in [3.05, 3.63) is 0 Å². The van der Waals surface area contributed by atoms with Crippen LogP contribution in [-0.4, -0.2) is 46.6 Å². The highest BCUT2D eigenvalue weighted by molar-refractivity contribution is 6.27. The number of nitrogens with one attached hydrogen (secondary N) is 1. The van der Waals surface area contributed by atoms with Crippen LogP contribution in [0, 0.1) is 5.92 Å². The van der Waals surface area contributed by atoms with Crippen molar-refractivity contribution in [3.8, 4) is 0 Å². The fourth-order valence-corrected chi connectivity index (χ4v) is 4.28. The lowest BCUT2D eigenvalue weighted by Crippen LogP contribution is -2.62. The second-order valence-corrected chi connectivity index (χ2v) is 7.51. The Kier molecular flexibility index (Phi) is 5.51. The van der Waals surface area contributed by atoms with E-state index in [9.17, 15) is 14.4 Å².